The van der Waals surface area contributed by atoms with Gasteiger partial charge in [-0.2, -0.15) is 10.5 Å². The van der Waals surface area contributed by atoms with Gasteiger partial charge in [0.15, 0.2) is 12.1 Å². The Morgan fingerprint density at radius 3 is 2.55 bits per heavy atom. The first kappa shape index (κ1) is 8.99. The second-order valence-electron chi connectivity index (χ2n) is 1.46. The summed E-state index contributed by atoms with van der Waals surface area (Å²) in [5.74, 6) is 0. The van der Waals surface area contributed by atoms with Crippen LogP contribution in [0.15, 0.2) is 16.4 Å². The number of allylic oxidation sites excluding steroid dienone is 2. The monoisotopic (exact) mass is 150 g/mol. The van der Waals surface area contributed by atoms with Crippen LogP contribution in [0.2, 0.25) is 0 Å². The zero-order chi connectivity index (χ0) is 8.69. The fourth-order valence-corrected chi connectivity index (χ4v) is 0.317. The molecule has 0 atom stereocenters. The molecule has 0 radical (unpaired) electrons. The topological polar surface area (TPSA) is 95.2 Å². The summed E-state index contributed by atoms with van der Waals surface area (Å²) in [7, 11) is 1.38. The molecule has 0 aliphatic carbocycles. The molecule has 0 heterocycles. The van der Waals surface area contributed by atoms with Crippen LogP contribution >= 0.6 is 0 Å². The minimum absolute atomic E-state index is 0.144. The lowest BCUT2D eigenvalue weighted by molar-refractivity contribution is 0.422. The molecule has 0 aromatic rings. The molecular weight excluding hydrogens is 144 g/mol. The third-order valence-corrected chi connectivity index (χ3v) is 0.769. The van der Waals surface area contributed by atoms with Gasteiger partial charge in [0, 0.05) is 0 Å². The molecule has 0 bridgehead atoms. The molecule has 0 amide bonds. The summed E-state index contributed by atoms with van der Waals surface area (Å²) in [6.45, 7) is 0. The van der Waals surface area contributed by atoms with E-state index in [0.29, 0.717) is 0 Å². The molecule has 0 aromatic carbocycles. The van der Waals surface area contributed by atoms with Crippen LogP contribution in [0.3, 0.4) is 0 Å². The molecular formula is C6H6N4O. The minimum Gasteiger partial charge on any atom is -0.486 e. The Kier molecular flexibility index (Phi) is 3.95. The zero-order valence-corrected chi connectivity index (χ0v) is 5.90. The first-order valence-corrected chi connectivity index (χ1v) is 2.61. The van der Waals surface area contributed by atoms with Crippen molar-refractivity contribution in [2.45, 2.75) is 0 Å². The van der Waals surface area contributed by atoms with Gasteiger partial charge >= 0.3 is 0 Å². The van der Waals surface area contributed by atoms with Gasteiger partial charge in [0.05, 0.1) is 7.11 Å². The van der Waals surface area contributed by atoms with E-state index in [1.807, 2.05) is 0 Å². The van der Waals surface area contributed by atoms with Crippen LogP contribution in [0.25, 0.3) is 0 Å². The van der Waals surface area contributed by atoms with Crippen molar-refractivity contribution in [2.24, 2.45) is 10.7 Å². The Balaban J connectivity index is 4.60. The van der Waals surface area contributed by atoms with E-state index in [-0.39, 0.29) is 11.4 Å². The van der Waals surface area contributed by atoms with Crippen LogP contribution in [-0.2, 0) is 4.74 Å². The SMILES string of the molecule is COC=NC(C#N)=C(N)C#N. The van der Waals surface area contributed by atoms with Crippen molar-refractivity contribution < 1.29 is 4.74 Å². The lowest BCUT2D eigenvalue weighted by atomic mass is 10.4. The molecule has 0 unspecified atom stereocenters. The molecule has 56 valence electrons. The maximum atomic E-state index is 8.35. The van der Waals surface area contributed by atoms with Crippen molar-refractivity contribution in [2.75, 3.05) is 7.11 Å². The van der Waals surface area contributed by atoms with Crippen LogP contribution in [0, 0.1) is 22.7 Å². The van der Waals surface area contributed by atoms with E-state index >= 15 is 0 Å². The predicted molar refractivity (Wildman–Crippen MR) is 37.9 cm³/mol. The third kappa shape index (κ3) is 2.87. The highest BCUT2D eigenvalue weighted by Gasteiger charge is 1.97. The maximum Gasteiger partial charge on any atom is 0.177 e. The molecule has 0 aliphatic rings. The average Bonchev–Trinajstić information content (AvgIpc) is 2.05. The molecule has 0 spiro atoms. The molecule has 11 heavy (non-hydrogen) atoms. The first-order chi connectivity index (χ1) is 5.26. The number of nitrogens with two attached hydrogens (primary N) is 1. The van der Waals surface area contributed by atoms with Crippen molar-refractivity contribution >= 4 is 6.40 Å². The molecule has 0 aromatic heterocycles. The third-order valence-electron chi connectivity index (χ3n) is 0.769. The largest absolute Gasteiger partial charge is 0.486 e. The molecule has 2 N–H and O–H groups in total. The van der Waals surface area contributed by atoms with E-state index in [1.54, 1.807) is 12.1 Å². The van der Waals surface area contributed by atoms with Crippen molar-refractivity contribution in [3.05, 3.63) is 11.4 Å². The fourth-order valence-electron chi connectivity index (χ4n) is 0.317. The Hall–Kier alpha value is -2.01. The minimum atomic E-state index is -0.221. The van der Waals surface area contributed by atoms with Crippen LogP contribution in [0.4, 0.5) is 0 Å². The summed E-state index contributed by atoms with van der Waals surface area (Å²) >= 11 is 0. The quantitative estimate of drug-likeness (QED) is 0.337. The van der Waals surface area contributed by atoms with E-state index in [0.717, 1.165) is 6.40 Å². The number of hydrogen-bond acceptors (Lipinski definition) is 5. The number of ether oxygens (including phenoxy) is 1. The number of aliphatic imine (C=N–C) groups is 1. The summed E-state index contributed by atoms with van der Waals surface area (Å²) in [6, 6.07) is 3.23. The van der Waals surface area contributed by atoms with Crippen molar-refractivity contribution in [3.8, 4) is 12.1 Å². The highest BCUT2D eigenvalue weighted by molar-refractivity contribution is 5.52. The Morgan fingerprint density at radius 1 is 1.55 bits per heavy atom. The van der Waals surface area contributed by atoms with Gasteiger partial charge in [-0.05, 0) is 0 Å². The van der Waals surface area contributed by atoms with Crippen LogP contribution in [0.5, 0.6) is 0 Å². The number of nitriles is 2. The van der Waals surface area contributed by atoms with Gasteiger partial charge in [-0.3, -0.25) is 0 Å². The van der Waals surface area contributed by atoms with Crippen LogP contribution in [0.1, 0.15) is 0 Å². The summed E-state index contributed by atoms with van der Waals surface area (Å²) in [6.07, 6.45) is 1.03. The fraction of sp³-hybridized carbons (Fsp3) is 0.167. The van der Waals surface area contributed by atoms with Gasteiger partial charge in [0.25, 0.3) is 0 Å². The number of nitrogens with zero attached hydrogens (tertiary/aromatic N) is 3. The Bertz CT molecular complexity index is 265. The summed E-state index contributed by atoms with van der Waals surface area (Å²) in [5, 5.41) is 16.6. The molecule has 0 rings (SSSR count). The van der Waals surface area contributed by atoms with Gasteiger partial charge in [0.2, 0.25) is 0 Å². The lowest BCUT2D eigenvalue weighted by Gasteiger charge is -1.88. The number of rotatable bonds is 2. The molecule has 0 aliphatic heterocycles. The second-order valence-corrected chi connectivity index (χ2v) is 1.46. The summed E-state index contributed by atoms with van der Waals surface area (Å²) in [5.41, 5.74) is 4.73. The highest BCUT2D eigenvalue weighted by Crippen LogP contribution is 1.96. The Labute approximate surface area is 64.0 Å². The summed E-state index contributed by atoms with van der Waals surface area (Å²) in [4.78, 5) is 3.46. The van der Waals surface area contributed by atoms with E-state index in [9.17, 15) is 0 Å². The summed E-state index contributed by atoms with van der Waals surface area (Å²) < 4.78 is 4.43. The van der Waals surface area contributed by atoms with Gasteiger partial charge < -0.3 is 10.5 Å². The predicted octanol–water partition coefficient (Wildman–Crippen LogP) is -0.121. The molecule has 0 fully saturated rings. The van der Waals surface area contributed by atoms with Crippen LogP contribution in [-0.4, -0.2) is 13.5 Å². The zero-order valence-electron chi connectivity index (χ0n) is 5.90. The standard InChI is InChI=1S/C6H6N4O/c1-11-4-10-6(3-8)5(9)2-7/h4H,9H2,1H3. The van der Waals surface area contributed by atoms with Gasteiger partial charge in [-0.1, -0.05) is 0 Å². The van der Waals surface area contributed by atoms with E-state index in [2.05, 4.69) is 9.73 Å². The van der Waals surface area contributed by atoms with E-state index in [1.165, 1.54) is 7.11 Å². The van der Waals surface area contributed by atoms with E-state index < -0.39 is 0 Å². The number of methoxy groups -OCH3 is 1. The first-order valence-electron chi connectivity index (χ1n) is 2.61. The molecule has 5 nitrogen and oxygen atoms in total. The van der Waals surface area contributed by atoms with Crippen LogP contribution < -0.4 is 5.73 Å². The second kappa shape index (κ2) is 4.83. The Morgan fingerprint density at radius 2 is 2.18 bits per heavy atom. The van der Waals surface area contributed by atoms with Crippen molar-refractivity contribution in [1.29, 1.82) is 10.5 Å². The highest BCUT2D eigenvalue weighted by atomic mass is 16.5. The van der Waals surface area contributed by atoms with Crippen molar-refractivity contribution in [3.63, 3.8) is 0 Å². The normalized spacial score (nSPS) is 11.5. The number of hydrogen-bond donors (Lipinski definition) is 1. The van der Waals surface area contributed by atoms with Gasteiger partial charge in [-0.15, -0.1) is 0 Å². The van der Waals surface area contributed by atoms with Gasteiger partial charge in [-0.25, -0.2) is 4.99 Å². The maximum absolute atomic E-state index is 8.35. The average molecular weight is 150 g/mol. The van der Waals surface area contributed by atoms with Crippen molar-refractivity contribution in [1.82, 2.24) is 0 Å². The van der Waals surface area contributed by atoms with E-state index in [4.69, 9.17) is 16.3 Å². The smallest absolute Gasteiger partial charge is 0.177 e. The molecule has 0 saturated heterocycles. The molecule has 5 heteroatoms. The lowest BCUT2D eigenvalue weighted by Crippen LogP contribution is -1.97. The van der Waals surface area contributed by atoms with Gasteiger partial charge in [0.1, 0.15) is 17.8 Å². The molecule has 0 saturated carbocycles.